The summed E-state index contributed by atoms with van der Waals surface area (Å²) in [5.41, 5.74) is 4.67. The molecule has 3 aromatic carbocycles. The van der Waals surface area contributed by atoms with Crippen LogP contribution in [0.2, 0.25) is 0 Å². The van der Waals surface area contributed by atoms with E-state index in [4.69, 9.17) is 14.2 Å². The summed E-state index contributed by atoms with van der Waals surface area (Å²) in [5.74, 6) is 1.18. The topological polar surface area (TPSA) is 27.7 Å². The molecule has 1 spiro atoms. The van der Waals surface area contributed by atoms with Crippen LogP contribution in [0.1, 0.15) is 34.6 Å². The summed E-state index contributed by atoms with van der Waals surface area (Å²) in [6.07, 6.45) is 0.724. The summed E-state index contributed by atoms with van der Waals surface area (Å²) in [6, 6.07) is 24.8. The van der Waals surface area contributed by atoms with E-state index in [-0.39, 0.29) is 5.92 Å². The Bertz CT molecular complexity index is 965. The molecule has 0 bridgehead atoms. The Morgan fingerprint density at radius 3 is 2.50 bits per heavy atom. The van der Waals surface area contributed by atoms with Gasteiger partial charge in [-0.05, 0) is 17.7 Å². The molecule has 0 fully saturated rings. The number of para-hydroxylation sites is 2. The number of hydrogen-bond acceptors (Lipinski definition) is 3. The van der Waals surface area contributed by atoms with Gasteiger partial charge in [-0.3, -0.25) is 0 Å². The van der Waals surface area contributed by atoms with Crippen molar-refractivity contribution in [1.82, 2.24) is 0 Å². The number of benzene rings is 3. The quantitative estimate of drug-likeness (QED) is 0.655. The summed E-state index contributed by atoms with van der Waals surface area (Å²) in [5, 5.41) is 0. The predicted octanol–water partition coefficient (Wildman–Crippen LogP) is 4.99. The summed E-state index contributed by atoms with van der Waals surface area (Å²) in [4.78, 5) is 0. The fourth-order valence-electron chi connectivity index (χ4n) is 4.23. The van der Waals surface area contributed by atoms with E-state index in [0.29, 0.717) is 6.61 Å². The van der Waals surface area contributed by atoms with Gasteiger partial charge >= 0.3 is 0 Å². The minimum atomic E-state index is -0.740. The lowest BCUT2D eigenvalue weighted by Crippen LogP contribution is -2.38. The first kappa shape index (κ1) is 15.5. The fraction of sp³-hybridized carbons (Fsp3) is 0.217. The maximum absolute atomic E-state index is 6.47. The zero-order valence-electron chi connectivity index (χ0n) is 14.6. The summed E-state index contributed by atoms with van der Waals surface area (Å²) in [6.45, 7) is 0.580. The normalized spacial score (nSPS) is 23.2. The number of methoxy groups -OCH3 is 1. The largest absolute Gasteiger partial charge is 0.496 e. The van der Waals surface area contributed by atoms with Gasteiger partial charge in [0, 0.05) is 29.0 Å². The lowest BCUT2D eigenvalue weighted by molar-refractivity contribution is -0.196. The third-order valence-electron chi connectivity index (χ3n) is 5.44. The van der Waals surface area contributed by atoms with Crippen molar-refractivity contribution >= 4 is 0 Å². The first-order valence-electron chi connectivity index (χ1n) is 8.94. The van der Waals surface area contributed by atoms with Crippen LogP contribution in [0.5, 0.6) is 11.5 Å². The van der Waals surface area contributed by atoms with Gasteiger partial charge in [0.2, 0.25) is 5.79 Å². The molecule has 26 heavy (non-hydrogen) atoms. The molecule has 0 aliphatic carbocycles. The van der Waals surface area contributed by atoms with Crippen molar-refractivity contribution in [3.8, 4) is 11.5 Å². The van der Waals surface area contributed by atoms with Gasteiger partial charge < -0.3 is 14.2 Å². The van der Waals surface area contributed by atoms with Gasteiger partial charge in [-0.2, -0.15) is 0 Å². The molecule has 0 radical (unpaired) electrons. The molecule has 2 heterocycles. The second-order valence-electron chi connectivity index (χ2n) is 6.84. The van der Waals surface area contributed by atoms with Crippen molar-refractivity contribution in [2.24, 2.45) is 0 Å². The van der Waals surface area contributed by atoms with E-state index in [1.54, 1.807) is 7.11 Å². The van der Waals surface area contributed by atoms with Crippen molar-refractivity contribution in [3.05, 3.63) is 95.1 Å². The van der Waals surface area contributed by atoms with Gasteiger partial charge in [0.15, 0.2) is 0 Å². The van der Waals surface area contributed by atoms with E-state index in [9.17, 15) is 0 Å². The van der Waals surface area contributed by atoms with Crippen molar-refractivity contribution in [1.29, 1.82) is 0 Å². The Morgan fingerprint density at radius 1 is 0.885 bits per heavy atom. The average molecular weight is 344 g/mol. The Balaban J connectivity index is 1.69. The molecular formula is C23H20O3. The van der Waals surface area contributed by atoms with Crippen LogP contribution in [0.15, 0.2) is 72.8 Å². The standard InChI is InChI=1S/C23H20O3/c1-24-21-12-6-3-9-17(21)19-14-23(26-22-13-7-4-10-18(19)22)20-11-5-2-8-16(20)15-25-23/h2-13,19H,14-15H2,1H3/t19-,23+/m0/s1. The molecule has 0 amide bonds. The van der Waals surface area contributed by atoms with Crippen LogP contribution in [0, 0.1) is 0 Å². The van der Waals surface area contributed by atoms with E-state index in [1.807, 2.05) is 24.3 Å². The Labute approximate surface area is 153 Å². The van der Waals surface area contributed by atoms with Crippen LogP contribution in [-0.2, 0) is 17.1 Å². The van der Waals surface area contributed by atoms with Crippen molar-refractivity contribution in [3.63, 3.8) is 0 Å². The first-order chi connectivity index (χ1) is 12.8. The van der Waals surface area contributed by atoms with Crippen LogP contribution in [-0.4, -0.2) is 7.11 Å². The Morgan fingerprint density at radius 2 is 1.62 bits per heavy atom. The molecule has 0 N–H and O–H groups in total. The highest BCUT2D eigenvalue weighted by Crippen LogP contribution is 2.53. The van der Waals surface area contributed by atoms with Gasteiger partial charge in [-0.15, -0.1) is 0 Å². The second-order valence-corrected chi connectivity index (χ2v) is 6.84. The monoisotopic (exact) mass is 344 g/mol. The van der Waals surface area contributed by atoms with Crippen molar-refractivity contribution in [2.45, 2.75) is 24.7 Å². The molecule has 0 aromatic heterocycles. The number of fused-ring (bicyclic) bond motifs is 3. The maximum Gasteiger partial charge on any atom is 0.238 e. The third-order valence-corrected chi connectivity index (χ3v) is 5.44. The van der Waals surface area contributed by atoms with E-state index < -0.39 is 5.79 Å². The van der Waals surface area contributed by atoms with Gasteiger partial charge in [0.1, 0.15) is 11.5 Å². The first-order valence-corrected chi connectivity index (χ1v) is 8.94. The van der Waals surface area contributed by atoms with E-state index in [0.717, 1.165) is 29.0 Å². The fourth-order valence-corrected chi connectivity index (χ4v) is 4.23. The van der Waals surface area contributed by atoms with Crippen LogP contribution in [0.25, 0.3) is 0 Å². The average Bonchev–Trinajstić information content (AvgIpc) is 3.05. The molecule has 2 atom stereocenters. The zero-order valence-corrected chi connectivity index (χ0v) is 14.6. The molecule has 130 valence electrons. The summed E-state index contributed by atoms with van der Waals surface area (Å²) < 4.78 is 18.4. The molecule has 0 unspecified atom stereocenters. The molecule has 0 saturated heterocycles. The highest BCUT2D eigenvalue weighted by Gasteiger charge is 2.48. The molecule has 2 aliphatic rings. The molecule has 5 rings (SSSR count). The Kier molecular flexibility index (Phi) is 3.50. The van der Waals surface area contributed by atoms with Gasteiger partial charge in [0.25, 0.3) is 0 Å². The minimum Gasteiger partial charge on any atom is -0.496 e. The van der Waals surface area contributed by atoms with E-state index in [1.165, 1.54) is 11.1 Å². The van der Waals surface area contributed by atoms with Gasteiger partial charge in [-0.25, -0.2) is 0 Å². The molecule has 0 saturated carbocycles. The van der Waals surface area contributed by atoms with Crippen LogP contribution < -0.4 is 9.47 Å². The lowest BCUT2D eigenvalue weighted by Gasteiger charge is -2.40. The molecule has 3 aromatic rings. The van der Waals surface area contributed by atoms with Gasteiger partial charge in [-0.1, -0.05) is 60.7 Å². The SMILES string of the molecule is COc1ccccc1[C@@H]1C[C@@]2(OCc3ccccc32)Oc2ccccc21. The van der Waals surface area contributed by atoms with E-state index in [2.05, 4.69) is 48.5 Å². The highest BCUT2D eigenvalue weighted by molar-refractivity contribution is 5.50. The van der Waals surface area contributed by atoms with Crippen molar-refractivity contribution in [2.75, 3.05) is 7.11 Å². The number of ether oxygens (including phenoxy) is 3. The highest BCUT2D eigenvalue weighted by atomic mass is 16.7. The zero-order chi connectivity index (χ0) is 17.6. The number of hydrogen-bond donors (Lipinski definition) is 0. The van der Waals surface area contributed by atoms with Crippen LogP contribution in [0.4, 0.5) is 0 Å². The smallest absolute Gasteiger partial charge is 0.238 e. The lowest BCUT2D eigenvalue weighted by atomic mass is 9.80. The van der Waals surface area contributed by atoms with E-state index >= 15 is 0 Å². The third kappa shape index (κ3) is 2.24. The second kappa shape index (κ2) is 5.89. The molecular weight excluding hydrogens is 324 g/mol. The predicted molar refractivity (Wildman–Crippen MR) is 99.4 cm³/mol. The summed E-state index contributed by atoms with van der Waals surface area (Å²) in [7, 11) is 1.72. The van der Waals surface area contributed by atoms with Gasteiger partial charge in [0.05, 0.1) is 13.7 Å². The molecule has 2 aliphatic heterocycles. The van der Waals surface area contributed by atoms with Crippen LogP contribution in [0.3, 0.4) is 0 Å². The summed E-state index contributed by atoms with van der Waals surface area (Å²) >= 11 is 0. The maximum atomic E-state index is 6.47. The minimum absolute atomic E-state index is 0.141. The van der Waals surface area contributed by atoms with Crippen LogP contribution >= 0.6 is 0 Å². The Hall–Kier alpha value is -2.78. The molecule has 3 nitrogen and oxygen atoms in total. The van der Waals surface area contributed by atoms with Crippen molar-refractivity contribution < 1.29 is 14.2 Å². The number of rotatable bonds is 2. The molecule has 3 heteroatoms.